The minimum absolute atomic E-state index is 0.207. The summed E-state index contributed by atoms with van der Waals surface area (Å²) in [6.07, 6.45) is 3.23. The zero-order valence-corrected chi connectivity index (χ0v) is 8.94. The van der Waals surface area contributed by atoms with Crippen molar-refractivity contribution in [2.45, 2.75) is 6.92 Å². The Morgan fingerprint density at radius 1 is 1.33 bits per heavy atom. The highest BCUT2D eigenvalue weighted by Gasteiger charge is 2.01. The molecule has 0 spiro atoms. The summed E-state index contributed by atoms with van der Waals surface area (Å²) < 4.78 is 13.6. The molecule has 76 valence electrons. The third kappa shape index (κ3) is 2.10. The number of aromatic amines is 1. The van der Waals surface area contributed by atoms with Crippen LogP contribution in [0.1, 0.15) is 5.56 Å². The largest absolute Gasteiger partial charge is 0.344 e. The molecule has 0 aliphatic heterocycles. The molecule has 15 heavy (non-hydrogen) atoms. The summed E-state index contributed by atoms with van der Waals surface area (Å²) in [5, 5.41) is 0. The lowest BCUT2D eigenvalue weighted by molar-refractivity contribution is 0.619. The van der Waals surface area contributed by atoms with Crippen LogP contribution in [0, 0.1) is 17.4 Å². The van der Waals surface area contributed by atoms with Crippen molar-refractivity contribution in [1.29, 1.82) is 0 Å². The van der Waals surface area contributed by atoms with Gasteiger partial charge in [0, 0.05) is 5.56 Å². The average Bonchev–Trinajstić information content (AvgIpc) is 2.22. The van der Waals surface area contributed by atoms with Gasteiger partial charge in [-0.25, -0.2) is 4.39 Å². The molecule has 1 aromatic carbocycles. The van der Waals surface area contributed by atoms with Gasteiger partial charge in [0.1, 0.15) is 10.5 Å². The van der Waals surface area contributed by atoms with Crippen LogP contribution in [-0.2, 0) is 0 Å². The number of nitrogens with one attached hydrogen (secondary N) is 1. The second-order valence-electron chi connectivity index (χ2n) is 3.27. The van der Waals surface area contributed by atoms with Crippen LogP contribution in [0.3, 0.4) is 0 Å². The van der Waals surface area contributed by atoms with Gasteiger partial charge in [0.2, 0.25) is 0 Å². The summed E-state index contributed by atoms with van der Waals surface area (Å²) in [6, 6.07) is 4.90. The molecule has 2 nitrogen and oxygen atoms in total. The summed E-state index contributed by atoms with van der Waals surface area (Å²) in [4.78, 5) is 6.98. The highest BCUT2D eigenvalue weighted by atomic mass is 32.1. The predicted molar refractivity (Wildman–Crippen MR) is 59.6 cm³/mol. The Bertz CT molecular complexity index is 548. The third-order valence-electron chi connectivity index (χ3n) is 2.12. The molecule has 2 aromatic rings. The van der Waals surface area contributed by atoms with Gasteiger partial charge in [-0.15, -0.1) is 0 Å². The maximum Gasteiger partial charge on any atom is 0.126 e. The number of hydrogen-bond acceptors (Lipinski definition) is 2. The van der Waals surface area contributed by atoms with E-state index in [0.717, 1.165) is 11.3 Å². The summed E-state index contributed by atoms with van der Waals surface area (Å²) in [5.74, 6) is -0.207. The summed E-state index contributed by atoms with van der Waals surface area (Å²) in [7, 11) is 0. The fraction of sp³-hybridized carbons (Fsp3) is 0.0909. The fourth-order valence-corrected chi connectivity index (χ4v) is 1.51. The SMILES string of the molecule is Cc1cc(-c2cncc(=S)[nH]2)ccc1F. The molecule has 0 unspecified atom stereocenters. The molecule has 0 bridgehead atoms. The molecule has 1 aromatic heterocycles. The maximum atomic E-state index is 13.0. The topological polar surface area (TPSA) is 28.7 Å². The molecular formula is C11H9FN2S. The van der Waals surface area contributed by atoms with Crippen LogP contribution in [0.5, 0.6) is 0 Å². The van der Waals surface area contributed by atoms with Gasteiger partial charge >= 0.3 is 0 Å². The zero-order valence-electron chi connectivity index (χ0n) is 8.12. The molecular weight excluding hydrogens is 211 g/mol. The molecule has 0 radical (unpaired) electrons. The van der Waals surface area contributed by atoms with E-state index in [2.05, 4.69) is 9.97 Å². The predicted octanol–water partition coefficient (Wildman–Crippen LogP) is 3.25. The molecule has 0 atom stereocenters. The molecule has 0 amide bonds. The number of hydrogen-bond donors (Lipinski definition) is 1. The number of H-pyrrole nitrogens is 1. The van der Waals surface area contributed by atoms with Crippen LogP contribution in [0.4, 0.5) is 4.39 Å². The maximum absolute atomic E-state index is 13.0. The molecule has 0 saturated carbocycles. The lowest BCUT2D eigenvalue weighted by atomic mass is 10.1. The minimum Gasteiger partial charge on any atom is -0.344 e. The van der Waals surface area contributed by atoms with Gasteiger partial charge < -0.3 is 4.98 Å². The highest BCUT2D eigenvalue weighted by Crippen LogP contribution is 2.18. The standard InChI is InChI=1S/C11H9FN2S/c1-7-4-8(2-3-9(7)12)10-5-13-6-11(15)14-10/h2-6H,1H3,(H,14,15). The zero-order chi connectivity index (χ0) is 10.8. The summed E-state index contributed by atoms with van der Waals surface area (Å²) in [5.41, 5.74) is 2.29. The van der Waals surface area contributed by atoms with Gasteiger partial charge in [0.05, 0.1) is 18.1 Å². The van der Waals surface area contributed by atoms with Gasteiger partial charge in [0.25, 0.3) is 0 Å². The van der Waals surface area contributed by atoms with E-state index in [9.17, 15) is 4.39 Å². The Labute approximate surface area is 91.8 Å². The van der Waals surface area contributed by atoms with Gasteiger partial charge in [-0.3, -0.25) is 4.98 Å². The Morgan fingerprint density at radius 3 is 2.80 bits per heavy atom. The van der Waals surface area contributed by atoms with Crippen molar-refractivity contribution < 1.29 is 4.39 Å². The van der Waals surface area contributed by atoms with Gasteiger partial charge in [0.15, 0.2) is 0 Å². The molecule has 0 aliphatic carbocycles. The van der Waals surface area contributed by atoms with Crippen LogP contribution < -0.4 is 0 Å². The Kier molecular flexibility index (Phi) is 2.60. The summed E-state index contributed by atoms with van der Waals surface area (Å²) >= 11 is 4.97. The summed E-state index contributed by atoms with van der Waals surface area (Å²) in [6.45, 7) is 1.73. The van der Waals surface area contributed by atoms with E-state index in [4.69, 9.17) is 12.2 Å². The molecule has 1 heterocycles. The van der Waals surface area contributed by atoms with Crippen LogP contribution in [-0.4, -0.2) is 9.97 Å². The van der Waals surface area contributed by atoms with E-state index >= 15 is 0 Å². The fourth-order valence-electron chi connectivity index (χ4n) is 1.34. The Balaban J connectivity index is 2.55. The van der Waals surface area contributed by atoms with E-state index in [0.29, 0.717) is 10.2 Å². The van der Waals surface area contributed by atoms with Crippen LogP contribution in [0.25, 0.3) is 11.3 Å². The van der Waals surface area contributed by atoms with Crippen molar-refractivity contribution in [3.05, 3.63) is 46.6 Å². The Morgan fingerprint density at radius 2 is 2.13 bits per heavy atom. The number of aromatic nitrogens is 2. The second-order valence-corrected chi connectivity index (χ2v) is 3.71. The number of halogens is 1. The normalized spacial score (nSPS) is 10.3. The second kappa shape index (κ2) is 3.90. The van der Waals surface area contributed by atoms with Crippen LogP contribution in [0.15, 0.2) is 30.6 Å². The van der Waals surface area contributed by atoms with Gasteiger partial charge in [-0.1, -0.05) is 12.2 Å². The number of rotatable bonds is 1. The Hall–Kier alpha value is -1.55. The van der Waals surface area contributed by atoms with Crippen molar-refractivity contribution in [2.75, 3.05) is 0 Å². The lowest BCUT2D eigenvalue weighted by Crippen LogP contribution is -1.88. The minimum atomic E-state index is -0.207. The number of nitrogens with zero attached hydrogens (tertiary/aromatic N) is 1. The number of benzene rings is 1. The van der Waals surface area contributed by atoms with Crippen LogP contribution in [0.2, 0.25) is 0 Å². The molecule has 2 rings (SSSR count). The smallest absolute Gasteiger partial charge is 0.126 e. The molecule has 4 heteroatoms. The third-order valence-corrected chi connectivity index (χ3v) is 2.33. The molecule has 0 fully saturated rings. The molecule has 1 N–H and O–H groups in total. The van der Waals surface area contributed by atoms with Crippen molar-refractivity contribution in [2.24, 2.45) is 0 Å². The molecule has 0 aliphatic rings. The van der Waals surface area contributed by atoms with E-state index in [1.165, 1.54) is 6.07 Å². The first-order valence-electron chi connectivity index (χ1n) is 4.47. The van der Waals surface area contributed by atoms with E-state index in [-0.39, 0.29) is 5.82 Å². The first-order valence-corrected chi connectivity index (χ1v) is 4.88. The van der Waals surface area contributed by atoms with E-state index in [1.807, 2.05) is 0 Å². The lowest BCUT2D eigenvalue weighted by Gasteiger charge is -2.03. The van der Waals surface area contributed by atoms with E-state index in [1.54, 1.807) is 31.5 Å². The van der Waals surface area contributed by atoms with Gasteiger partial charge in [-0.05, 0) is 30.7 Å². The van der Waals surface area contributed by atoms with Crippen LogP contribution >= 0.6 is 12.2 Å². The quantitative estimate of drug-likeness (QED) is 0.747. The van der Waals surface area contributed by atoms with Crippen molar-refractivity contribution in [3.8, 4) is 11.3 Å². The monoisotopic (exact) mass is 220 g/mol. The van der Waals surface area contributed by atoms with Crippen molar-refractivity contribution >= 4 is 12.2 Å². The molecule has 0 saturated heterocycles. The highest BCUT2D eigenvalue weighted by molar-refractivity contribution is 7.71. The first-order chi connectivity index (χ1) is 7.16. The van der Waals surface area contributed by atoms with Crippen molar-refractivity contribution in [3.63, 3.8) is 0 Å². The first kappa shape index (κ1) is 9.98. The average molecular weight is 220 g/mol. The van der Waals surface area contributed by atoms with Gasteiger partial charge in [-0.2, -0.15) is 0 Å². The van der Waals surface area contributed by atoms with Crippen molar-refractivity contribution in [1.82, 2.24) is 9.97 Å². The number of aryl methyl sites for hydroxylation is 1. The van der Waals surface area contributed by atoms with E-state index < -0.39 is 0 Å².